The predicted molar refractivity (Wildman–Crippen MR) is 150 cm³/mol. The van der Waals surface area contributed by atoms with Crippen molar-refractivity contribution in [2.45, 2.75) is 0 Å². The van der Waals surface area contributed by atoms with Crippen LogP contribution in [0.5, 0.6) is 0 Å². The summed E-state index contributed by atoms with van der Waals surface area (Å²) in [6.07, 6.45) is 0. The summed E-state index contributed by atoms with van der Waals surface area (Å²) in [6.45, 7) is 0. The van der Waals surface area contributed by atoms with Crippen LogP contribution in [0.15, 0.2) is 121 Å². The standard InChI is InChI=1S/C32H22N2OS/c33-29-28-26(23-12-6-2-7-13-23)20-27(24-14-8-3-9-15-24)34-32(28)36-31(29)30(35)25-18-16-22(17-19-25)21-10-4-1-5-11-21/h1-20H,33H2. The number of carbonyl (C=O) groups is 1. The third-order valence-corrected chi connectivity index (χ3v) is 7.41. The fourth-order valence-electron chi connectivity index (χ4n) is 4.47. The first-order valence-corrected chi connectivity index (χ1v) is 12.5. The number of carbonyl (C=O) groups excluding carboxylic acids is 1. The first-order valence-electron chi connectivity index (χ1n) is 11.7. The number of ketones is 1. The number of anilines is 1. The molecule has 0 aliphatic carbocycles. The van der Waals surface area contributed by atoms with E-state index < -0.39 is 0 Å². The number of thiophene rings is 1. The molecule has 2 aromatic heterocycles. The van der Waals surface area contributed by atoms with Crippen LogP contribution in [0.1, 0.15) is 15.2 Å². The highest BCUT2D eigenvalue weighted by molar-refractivity contribution is 7.21. The summed E-state index contributed by atoms with van der Waals surface area (Å²) in [7, 11) is 0. The van der Waals surface area contributed by atoms with E-state index in [1.165, 1.54) is 11.3 Å². The Hall–Kier alpha value is -4.54. The molecule has 0 atom stereocenters. The molecule has 3 nitrogen and oxygen atoms in total. The van der Waals surface area contributed by atoms with Crippen molar-refractivity contribution >= 4 is 33.0 Å². The SMILES string of the molecule is Nc1c(C(=O)c2ccc(-c3ccccc3)cc2)sc2nc(-c3ccccc3)cc(-c3ccccc3)c12. The molecule has 0 spiro atoms. The summed E-state index contributed by atoms with van der Waals surface area (Å²) in [6, 6.07) is 40.1. The first kappa shape index (κ1) is 22.0. The highest BCUT2D eigenvalue weighted by Gasteiger charge is 2.22. The van der Waals surface area contributed by atoms with Gasteiger partial charge in [0.05, 0.1) is 11.4 Å². The van der Waals surface area contributed by atoms with E-state index in [0.29, 0.717) is 16.1 Å². The molecule has 0 bridgehead atoms. The minimum Gasteiger partial charge on any atom is -0.397 e. The molecule has 0 saturated heterocycles. The maximum Gasteiger partial charge on any atom is 0.205 e. The van der Waals surface area contributed by atoms with Gasteiger partial charge in [0, 0.05) is 16.5 Å². The lowest BCUT2D eigenvalue weighted by molar-refractivity contribution is 0.104. The van der Waals surface area contributed by atoms with Crippen LogP contribution < -0.4 is 5.73 Å². The Bertz CT molecular complexity index is 1670. The third-order valence-electron chi connectivity index (χ3n) is 6.31. The zero-order valence-corrected chi connectivity index (χ0v) is 20.2. The van der Waals surface area contributed by atoms with Gasteiger partial charge in [-0.2, -0.15) is 0 Å². The van der Waals surface area contributed by atoms with Crippen LogP contribution in [0.25, 0.3) is 43.7 Å². The van der Waals surface area contributed by atoms with Gasteiger partial charge in [0.1, 0.15) is 9.71 Å². The van der Waals surface area contributed by atoms with E-state index in [1.54, 1.807) is 0 Å². The molecule has 0 saturated carbocycles. The number of hydrogen-bond donors (Lipinski definition) is 1. The van der Waals surface area contributed by atoms with Crippen molar-refractivity contribution in [3.63, 3.8) is 0 Å². The largest absolute Gasteiger partial charge is 0.397 e. The smallest absolute Gasteiger partial charge is 0.205 e. The maximum atomic E-state index is 13.6. The van der Waals surface area contributed by atoms with Crippen LogP contribution in [-0.2, 0) is 0 Å². The van der Waals surface area contributed by atoms with Gasteiger partial charge in [-0.25, -0.2) is 4.98 Å². The van der Waals surface area contributed by atoms with Crippen molar-refractivity contribution in [1.82, 2.24) is 4.98 Å². The number of aromatic nitrogens is 1. The molecule has 4 heteroatoms. The van der Waals surface area contributed by atoms with Gasteiger partial charge < -0.3 is 5.73 Å². The molecule has 36 heavy (non-hydrogen) atoms. The minimum atomic E-state index is -0.0876. The van der Waals surface area contributed by atoms with Gasteiger partial charge in [0.2, 0.25) is 5.78 Å². The summed E-state index contributed by atoms with van der Waals surface area (Å²) >= 11 is 1.36. The number of nitrogen functional groups attached to an aromatic ring is 1. The lowest BCUT2D eigenvalue weighted by atomic mass is 9.98. The lowest BCUT2D eigenvalue weighted by Crippen LogP contribution is -2.02. The van der Waals surface area contributed by atoms with Gasteiger partial charge in [-0.1, -0.05) is 115 Å². The average Bonchev–Trinajstić information content (AvgIpc) is 3.30. The monoisotopic (exact) mass is 482 g/mol. The number of pyridine rings is 1. The minimum absolute atomic E-state index is 0.0876. The molecule has 4 aromatic carbocycles. The Balaban J connectivity index is 1.47. The Labute approximate surface area is 213 Å². The zero-order chi connectivity index (χ0) is 24.5. The van der Waals surface area contributed by atoms with Crippen molar-refractivity contribution in [3.8, 4) is 33.5 Å². The number of rotatable bonds is 5. The summed E-state index contributed by atoms with van der Waals surface area (Å²) in [4.78, 5) is 19.8. The third kappa shape index (κ3) is 3.98. The van der Waals surface area contributed by atoms with Gasteiger partial charge in [-0.3, -0.25) is 4.79 Å². The van der Waals surface area contributed by atoms with E-state index in [0.717, 1.165) is 43.7 Å². The second-order valence-corrected chi connectivity index (χ2v) is 9.58. The van der Waals surface area contributed by atoms with Crippen molar-refractivity contribution in [1.29, 1.82) is 0 Å². The fourth-order valence-corrected chi connectivity index (χ4v) is 5.55. The number of nitrogens with zero attached hydrogens (tertiary/aromatic N) is 1. The van der Waals surface area contributed by atoms with E-state index in [4.69, 9.17) is 10.7 Å². The summed E-state index contributed by atoms with van der Waals surface area (Å²) in [5.74, 6) is -0.0876. The Morgan fingerprint density at radius 2 is 1.17 bits per heavy atom. The Morgan fingerprint density at radius 1 is 0.639 bits per heavy atom. The van der Waals surface area contributed by atoms with Gasteiger partial charge in [-0.05, 0) is 28.3 Å². The molecule has 0 radical (unpaired) electrons. The normalized spacial score (nSPS) is 11.0. The maximum absolute atomic E-state index is 13.6. The summed E-state index contributed by atoms with van der Waals surface area (Å²) in [5, 5.41) is 0.829. The van der Waals surface area contributed by atoms with Crippen LogP contribution in [0.3, 0.4) is 0 Å². The number of nitrogens with two attached hydrogens (primary N) is 1. The first-order chi connectivity index (χ1) is 17.7. The fraction of sp³-hybridized carbons (Fsp3) is 0. The molecule has 172 valence electrons. The van der Waals surface area contributed by atoms with Crippen LogP contribution >= 0.6 is 11.3 Å². The molecular weight excluding hydrogens is 460 g/mol. The van der Waals surface area contributed by atoms with Crippen LogP contribution in [0.4, 0.5) is 5.69 Å². The van der Waals surface area contributed by atoms with Crippen molar-refractivity contribution in [2.75, 3.05) is 5.73 Å². The highest BCUT2D eigenvalue weighted by atomic mass is 32.1. The second kappa shape index (κ2) is 9.25. The van der Waals surface area contributed by atoms with E-state index >= 15 is 0 Å². The molecule has 0 unspecified atom stereocenters. The Kier molecular flexibility index (Phi) is 5.64. The molecule has 0 aliphatic rings. The van der Waals surface area contributed by atoms with Crippen molar-refractivity contribution in [3.05, 3.63) is 132 Å². The van der Waals surface area contributed by atoms with Crippen molar-refractivity contribution in [2.24, 2.45) is 0 Å². The molecule has 6 rings (SSSR count). The number of hydrogen-bond acceptors (Lipinski definition) is 4. The molecule has 0 fully saturated rings. The van der Waals surface area contributed by atoms with E-state index in [1.807, 2.05) is 91.0 Å². The van der Waals surface area contributed by atoms with E-state index in [-0.39, 0.29) is 5.78 Å². The molecule has 2 N–H and O–H groups in total. The van der Waals surface area contributed by atoms with Crippen LogP contribution in [-0.4, -0.2) is 10.8 Å². The topological polar surface area (TPSA) is 56.0 Å². The molecular formula is C32H22N2OS. The highest BCUT2D eigenvalue weighted by Crippen LogP contribution is 2.42. The van der Waals surface area contributed by atoms with E-state index in [9.17, 15) is 4.79 Å². The van der Waals surface area contributed by atoms with E-state index in [2.05, 4.69) is 30.3 Å². The van der Waals surface area contributed by atoms with Crippen molar-refractivity contribution < 1.29 is 4.79 Å². The van der Waals surface area contributed by atoms with Gasteiger partial charge in [0.15, 0.2) is 0 Å². The quantitative estimate of drug-likeness (QED) is 0.253. The molecule has 0 aliphatic heterocycles. The summed E-state index contributed by atoms with van der Waals surface area (Å²) in [5.41, 5.74) is 13.8. The van der Waals surface area contributed by atoms with Crippen LogP contribution in [0.2, 0.25) is 0 Å². The number of benzene rings is 4. The van der Waals surface area contributed by atoms with Gasteiger partial charge in [-0.15, -0.1) is 11.3 Å². The average molecular weight is 483 g/mol. The molecule has 2 heterocycles. The molecule has 6 aromatic rings. The number of fused-ring (bicyclic) bond motifs is 1. The zero-order valence-electron chi connectivity index (χ0n) is 19.4. The summed E-state index contributed by atoms with van der Waals surface area (Å²) < 4.78 is 0. The second-order valence-electron chi connectivity index (χ2n) is 8.58. The van der Waals surface area contributed by atoms with Gasteiger partial charge >= 0.3 is 0 Å². The molecule has 0 amide bonds. The predicted octanol–water partition coefficient (Wildman–Crippen LogP) is 8.11. The van der Waals surface area contributed by atoms with Crippen LogP contribution in [0, 0.1) is 0 Å². The lowest BCUT2D eigenvalue weighted by Gasteiger charge is -2.09. The van der Waals surface area contributed by atoms with Gasteiger partial charge in [0.25, 0.3) is 0 Å². The Morgan fingerprint density at radius 3 is 1.78 bits per heavy atom.